The van der Waals surface area contributed by atoms with E-state index >= 15 is 0 Å². The number of rotatable bonds is 8. The first-order valence-corrected chi connectivity index (χ1v) is 7.31. The molecule has 0 heterocycles. The minimum Gasteiger partial charge on any atom is -0.489 e. The van der Waals surface area contributed by atoms with Crippen molar-refractivity contribution in [1.29, 1.82) is 0 Å². The van der Waals surface area contributed by atoms with Crippen LogP contribution in [0.2, 0.25) is 0 Å². The molecule has 0 saturated carbocycles. The van der Waals surface area contributed by atoms with Gasteiger partial charge in [-0.05, 0) is 36.1 Å². The highest BCUT2D eigenvalue weighted by atomic mass is 35.5. The van der Waals surface area contributed by atoms with E-state index in [9.17, 15) is 0 Å². The number of halogens is 1. The minimum atomic E-state index is 0.264. The minimum absolute atomic E-state index is 0.264. The Balaban J connectivity index is 1.83. The standard InChI is InChI=1S/C17H19ClO2/c18-14-19-11-5-9-15-8-4-10-17(12-15)20-13-16-6-2-1-3-7-16/h1-4,6-8,10,12H,5,9,11,13-14H2. The van der Waals surface area contributed by atoms with Crippen molar-refractivity contribution in [3.63, 3.8) is 0 Å². The Hall–Kier alpha value is -1.51. The van der Waals surface area contributed by atoms with Crippen LogP contribution in [-0.2, 0) is 17.8 Å². The van der Waals surface area contributed by atoms with Crippen molar-refractivity contribution < 1.29 is 9.47 Å². The monoisotopic (exact) mass is 290 g/mol. The predicted octanol–water partition coefficient (Wildman–Crippen LogP) is 4.41. The lowest BCUT2D eigenvalue weighted by Crippen LogP contribution is -1.97. The molecule has 3 heteroatoms. The van der Waals surface area contributed by atoms with E-state index in [4.69, 9.17) is 21.1 Å². The molecular weight excluding hydrogens is 272 g/mol. The second-order valence-electron chi connectivity index (χ2n) is 4.54. The summed E-state index contributed by atoms with van der Waals surface area (Å²) in [5.41, 5.74) is 2.43. The van der Waals surface area contributed by atoms with E-state index in [0.29, 0.717) is 13.2 Å². The van der Waals surface area contributed by atoms with E-state index in [2.05, 4.69) is 24.3 Å². The third-order valence-electron chi connectivity index (χ3n) is 2.98. The normalized spacial score (nSPS) is 10.4. The molecule has 0 aliphatic rings. The lowest BCUT2D eigenvalue weighted by Gasteiger charge is -2.08. The molecule has 0 amide bonds. The van der Waals surface area contributed by atoms with E-state index in [1.54, 1.807) is 0 Å². The van der Waals surface area contributed by atoms with Crippen LogP contribution in [0.1, 0.15) is 17.5 Å². The third kappa shape index (κ3) is 5.24. The van der Waals surface area contributed by atoms with Crippen LogP contribution in [0.25, 0.3) is 0 Å². The average molecular weight is 291 g/mol. The van der Waals surface area contributed by atoms with Gasteiger partial charge in [0.1, 0.15) is 18.4 Å². The van der Waals surface area contributed by atoms with Gasteiger partial charge < -0.3 is 9.47 Å². The van der Waals surface area contributed by atoms with Crippen LogP contribution in [0.3, 0.4) is 0 Å². The Kier molecular flexibility index (Phi) is 6.42. The van der Waals surface area contributed by atoms with Gasteiger partial charge in [0, 0.05) is 6.61 Å². The van der Waals surface area contributed by atoms with Crippen molar-refractivity contribution in [2.24, 2.45) is 0 Å². The van der Waals surface area contributed by atoms with Gasteiger partial charge in [0.15, 0.2) is 0 Å². The molecule has 0 aliphatic heterocycles. The summed E-state index contributed by atoms with van der Waals surface area (Å²) >= 11 is 5.47. The maximum Gasteiger partial charge on any atom is 0.120 e. The summed E-state index contributed by atoms with van der Waals surface area (Å²) in [6.07, 6.45) is 1.94. The van der Waals surface area contributed by atoms with E-state index < -0.39 is 0 Å². The van der Waals surface area contributed by atoms with Crippen molar-refractivity contribution in [1.82, 2.24) is 0 Å². The second-order valence-corrected chi connectivity index (χ2v) is 4.76. The summed E-state index contributed by atoms with van der Waals surface area (Å²) in [7, 11) is 0. The molecule has 20 heavy (non-hydrogen) atoms. The molecule has 106 valence electrons. The van der Waals surface area contributed by atoms with Crippen LogP contribution in [-0.4, -0.2) is 12.7 Å². The van der Waals surface area contributed by atoms with Gasteiger partial charge in [0.2, 0.25) is 0 Å². The Morgan fingerprint density at radius 2 is 1.70 bits per heavy atom. The van der Waals surface area contributed by atoms with E-state index in [1.807, 2.05) is 30.3 Å². The van der Waals surface area contributed by atoms with Gasteiger partial charge in [-0.15, -0.1) is 0 Å². The molecule has 0 N–H and O–H groups in total. The van der Waals surface area contributed by atoms with Crippen molar-refractivity contribution in [2.75, 3.05) is 12.7 Å². The summed E-state index contributed by atoms with van der Waals surface area (Å²) in [5, 5.41) is 0. The smallest absolute Gasteiger partial charge is 0.120 e. The van der Waals surface area contributed by atoms with Crippen molar-refractivity contribution in [3.05, 3.63) is 65.7 Å². The zero-order chi connectivity index (χ0) is 14.0. The van der Waals surface area contributed by atoms with Gasteiger partial charge in [-0.25, -0.2) is 0 Å². The first kappa shape index (κ1) is 14.9. The summed E-state index contributed by atoms with van der Waals surface area (Å²) < 4.78 is 10.9. The molecular formula is C17H19ClO2. The first-order chi connectivity index (χ1) is 9.88. The van der Waals surface area contributed by atoms with E-state index in [-0.39, 0.29) is 6.07 Å². The lowest BCUT2D eigenvalue weighted by molar-refractivity contribution is 0.176. The summed E-state index contributed by atoms with van der Waals surface area (Å²) in [5.74, 6) is 0.907. The number of alkyl halides is 1. The number of hydrogen-bond acceptors (Lipinski definition) is 2. The molecule has 0 bridgehead atoms. The molecule has 0 aromatic heterocycles. The SMILES string of the molecule is ClCOCCCc1cccc(OCc2ccccc2)c1. The zero-order valence-corrected chi connectivity index (χ0v) is 12.2. The van der Waals surface area contributed by atoms with Crippen LogP contribution in [0, 0.1) is 0 Å². The fourth-order valence-electron chi connectivity index (χ4n) is 1.96. The number of hydrogen-bond donors (Lipinski definition) is 0. The summed E-state index contributed by atoms with van der Waals surface area (Å²) in [4.78, 5) is 0. The zero-order valence-electron chi connectivity index (χ0n) is 11.4. The van der Waals surface area contributed by atoms with Gasteiger partial charge in [0.25, 0.3) is 0 Å². The van der Waals surface area contributed by atoms with Crippen LogP contribution >= 0.6 is 11.6 Å². The first-order valence-electron chi connectivity index (χ1n) is 6.78. The number of ether oxygens (including phenoxy) is 2. The molecule has 0 radical (unpaired) electrons. The highest BCUT2D eigenvalue weighted by Crippen LogP contribution is 2.16. The number of aryl methyl sites for hydroxylation is 1. The molecule has 2 nitrogen and oxygen atoms in total. The molecule has 0 fully saturated rings. The lowest BCUT2D eigenvalue weighted by atomic mass is 10.1. The highest BCUT2D eigenvalue weighted by molar-refractivity contribution is 6.17. The highest BCUT2D eigenvalue weighted by Gasteiger charge is 1.99. The summed E-state index contributed by atoms with van der Waals surface area (Å²) in [6.45, 7) is 1.29. The van der Waals surface area contributed by atoms with Crippen molar-refractivity contribution in [2.45, 2.75) is 19.4 Å². The Morgan fingerprint density at radius 3 is 2.50 bits per heavy atom. The molecule has 0 saturated heterocycles. The molecule has 0 unspecified atom stereocenters. The molecule has 0 atom stereocenters. The van der Waals surface area contributed by atoms with E-state index in [1.165, 1.54) is 11.1 Å². The number of benzene rings is 2. The van der Waals surface area contributed by atoms with E-state index in [0.717, 1.165) is 18.6 Å². The average Bonchev–Trinajstić information content (AvgIpc) is 2.51. The van der Waals surface area contributed by atoms with Crippen LogP contribution in [0.5, 0.6) is 5.75 Å². The predicted molar refractivity (Wildman–Crippen MR) is 82.2 cm³/mol. The fraction of sp³-hybridized carbons (Fsp3) is 0.294. The van der Waals surface area contributed by atoms with Crippen molar-refractivity contribution >= 4 is 11.6 Å². The van der Waals surface area contributed by atoms with Crippen LogP contribution in [0.4, 0.5) is 0 Å². The van der Waals surface area contributed by atoms with Gasteiger partial charge in [-0.3, -0.25) is 0 Å². The van der Waals surface area contributed by atoms with Crippen molar-refractivity contribution in [3.8, 4) is 5.75 Å². The van der Waals surface area contributed by atoms with Gasteiger partial charge in [-0.2, -0.15) is 0 Å². The quantitative estimate of drug-likeness (QED) is 0.529. The van der Waals surface area contributed by atoms with Gasteiger partial charge in [-0.1, -0.05) is 54.1 Å². The Labute approximate surface area is 125 Å². The maximum absolute atomic E-state index is 5.81. The fourth-order valence-corrected chi connectivity index (χ4v) is 2.07. The van der Waals surface area contributed by atoms with Crippen LogP contribution in [0.15, 0.2) is 54.6 Å². The molecule has 2 rings (SSSR count). The molecule has 2 aromatic carbocycles. The summed E-state index contributed by atoms with van der Waals surface area (Å²) in [6, 6.07) is 18.6. The largest absolute Gasteiger partial charge is 0.489 e. The van der Waals surface area contributed by atoms with Gasteiger partial charge >= 0.3 is 0 Å². The molecule has 0 spiro atoms. The molecule has 0 aliphatic carbocycles. The topological polar surface area (TPSA) is 18.5 Å². The van der Waals surface area contributed by atoms with Gasteiger partial charge in [0.05, 0.1) is 0 Å². The second kappa shape index (κ2) is 8.62. The molecule has 2 aromatic rings. The maximum atomic E-state index is 5.81. The Bertz CT molecular complexity index is 499. The Morgan fingerprint density at radius 1 is 0.900 bits per heavy atom. The third-order valence-corrected chi connectivity index (χ3v) is 3.13. The van der Waals surface area contributed by atoms with Crippen LogP contribution < -0.4 is 4.74 Å².